The number of hydrogen-bond acceptors (Lipinski definition) is 5. The van der Waals surface area contributed by atoms with E-state index in [0.717, 1.165) is 62.0 Å². The number of nitrogens with zero attached hydrogens (tertiary/aromatic N) is 3. The van der Waals surface area contributed by atoms with Crippen LogP contribution in [0, 0.1) is 0 Å². The van der Waals surface area contributed by atoms with Crippen molar-refractivity contribution >= 4 is 5.91 Å². The zero-order valence-electron chi connectivity index (χ0n) is 18.0. The third kappa shape index (κ3) is 5.42. The second-order valence-corrected chi connectivity index (χ2v) is 8.56. The number of piperidine rings is 1. The summed E-state index contributed by atoms with van der Waals surface area (Å²) in [7, 11) is 1.67. The lowest BCUT2D eigenvalue weighted by Gasteiger charge is -2.33. The first-order chi connectivity index (χ1) is 14.7. The monoisotopic (exact) mass is 411 g/mol. The predicted molar refractivity (Wildman–Crippen MR) is 116 cm³/mol. The maximum atomic E-state index is 12.9. The van der Waals surface area contributed by atoms with Gasteiger partial charge in [-0.05, 0) is 56.5 Å². The van der Waals surface area contributed by atoms with Crippen molar-refractivity contribution in [2.45, 2.75) is 50.9 Å². The fraction of sp³-hybridized carbons (Fsp3) is 0.583. The van der Waals surface area contributed by atoms with E-state index >= 15 is 0 Å². The Morgan fingerprint density at radius 3 is 2.60 bits per heavy atom. The summed E-state index contributed by atoms with van der Waals surface area (Å²) < 4.78 is 11.3. The van der Waals surface area contributed by atoms with Crippen LogP contribution in [0.5, 0.6) is 5.75 Å². The van der Waals surface area contributed by atoms with Crippen LogP contribution in [0.15, 0.2) is 34.9 Å². The molecule has 3 heterocycles. The Labute approximate surface area is 179 Å². The lowest BCUT2D eigenvalue weighted by Crippen LogP contribution is -2.44. The normalized spacial score (nSPS) is 20.7. The number of ether oxygens (including phenoxy) is 1. The summed E-state index contributed by atoms with van der Waals surface area (Å²) in [5.74, 6) is 2.93. The van der Waals surface area contributed by atoms with E-state index in [1.165, 1.54) is 25.7 Å². The van der Waals surface area contributed by atoms with Crippen LogP contribution in [0.25, 0.3) is 0 Å². The first-order valence-electron chi connectivity index (χ1n) is 11.3. The molecule has 1 atom stereocenters. The van der Waals surface area contributed by atoms with Crippen LogP contribution in [-0.2, 0) is 11.2 Å². The molecule has 0 bridgehead atoms. The molecule has 1 aromatic heterocycles. The van der Waals surface area contributed by atoms with Crippen molar-refractivity contribution in [1.82, 2.24) is 14.8 Å². The number of carbonyl (C=O) groups is 1. The second-order valence-electron chi connectivity index (χ2n) is 8.56. The van der Waals surface area contributed by atoms with E-state index in [0.29, 0.717) is 13.0 Å². The molecule has 0 aliphatic carbocycles. The second kappa shape index (κ2) is 10.1. The molecule has 6 nitrogen and oxygen atoms in total. The minimum atomic E-state index is 0.191. The third-order valence-electron chi connectivity index (χ3n) is 6.29. The van der Waals surface area contributed by atoms with Gasteiger partial charge in [0.05, 0.1) is 25.8 Å². The van der Waals surface area contributed by atoms with E-state index in [-0.39, 0.29) is 11.8 Å². The first-order valence-corrected chi connectivity index (χ1v) is 11.3. The Bertz CT molecular complexity index is 809. The zero-order chi connectivity index (χ0) is 20.8. The molecule has 2 saturated heterocycles. The average molecular weight is 412 g/mol. The molecule has 4 rings (SSSR count). The van der Waals surface area contributed by atoms with Crippen LogP contribution < -0.4 is 4.74 Å². The highest BCUT2D eigenvalue weighted by Gasteiger charge is 2.28. The highest BCUT2D eigenvalue weighted by Crippen LogP contribution is 2.27. The minimum absolute atomic E-state index is 0.191. The molecular weight excluding hydrogens is 378 g/mol. The van der Waals surface area contributed by atoms with Gasteiger partial charge in [-0.1, -0.05) is 25.0 Å². The number of carbonyl (C=O) groups excluding carboxylic acids is 1. The Balaban J connectivity index is 1.33. The van der Waals surface area contributed by atoms with Crippen LogP contribution in [0.3, 0.4) is 0 Å². The zero-order valence-corrected chi connectivity index (χ0v) is 18.0. The van der Waals surface area contributed by atoms with E-state index in [9.17, 15) is 4.79 Å². The number of methoxy groups -OCH3 is 1. The molecular formula is C24H33N3O3. The van der Waals surface area contributed by atoms with Gasteiger partial charge in [-0.25, -0.2) is 4.98 Å². The molecule has 0 saturated carbocycles. The lowest BCUT2D eigenvalue weighted by molar-refractivity contribution is -0.133. The van der Waals surface area contributed by atoms with Crippen LogP contribution in [0.4, 0.5) is 0 Å². The maximum Gasteiger partial charge on any atom is 0.236 e. The van der Waals surface area contributed by atoms with Gasteiger partial charge in [-0.2, -0.15) is 0 Å². The number of oxazole rings is 1. The summed E-state index contributed by atoms with van der Waals surface area (Å²) in [4.78, 5) is 21.8. The van der Waals surface area contributed by atoms with Gasteiger partial charge < -0.3 is 14.1 Å². The van der Waals surface area contributed by atoms with Gasteiger partial charge in [0.15, 0.2) is 5.89 Å². The summed E-state index contributed by atoms with van der Waals surface area (Å²) in [5.41, 5.74) is 1.16. The molecule has 1 aromatic carbocycles. The van der Waals surface area contributed by atoms with Gasteiger partial charge in [0.2, 0.25) is 5.91 Å². The van der Waals surface area contributed by atoms with Gasteiger partial charge in [-0.3, -0.25) is 9.69 Å². The van der Waals surface area contributed by atoms with Crippen molar-refractivity contribution < 1.29 is 13.9 Å². The molecule has 0 radical (unpaired) electrons. The number of hydrogen-bond donors (Lipinski definition) is 0. The van der Waals surface area contributed by atoms with Crippen molar-refractivity contribution in [1.29, 1.82) is 0 Å². The van der Waals surface area contributed by atoms with Crippen molar-refractivity contribution in [3.8, 4) is 5.75 Å². The van der Waals surface area contributed by atoms with Crippen LogP contribution in [-0.4, -0.2) is 60.5 Å². The topological polar surface area (TPSA) is 58.8 Å². The van der Waals surface area contributed by atoms with Crippen molar-refractivity contribution in [3.05, 3.63) is 47.7 Å². The quantitative estimate of drug-likeness (QED) is 0.723. The smallest absolute Gasteiger partial charge is 0.236 e. The van der Waals surface area contributed by atoms with Crippen molar-refractivity contribution in [2.24, 2.45) is 0 Å². The summed E-state index contributed by atoms with van der Waals surface area (Å²) in [6, 6.07) is 8.01. The molecule has 0 N–H and O–H groups in total. The van der Waals surface area contributed by atoms with Crippen molar-refractivity contribution in [3.63, 3.8) is 0 Å². The molecule has 2 aliphatic rings. The van der Waals surface area contributed by atoms with Gasteiger partial charge in [0.25, 0.3) is 0 Å². The number of amides is 1. The van der Waals surface area contributed by atoms with Crippen molar-refractivity contribution in [2.75, 3.05) is 39.8 Å². The van der Waals surface area contributed by atoms with Crippen LogP contribution >= 0.6 is 0 Å². The summed E-state index contributed by atoms with van der Waals surface area (Å²) >= 11 is 0. The summed E-state index contributed by atoms with van der Waals surface area (Å²) in [6.45, 7) is 4.23. The fourth-order valence-electron chi connectivity index (χ4n) is 4.53. The lowest BCUT2D eigenvalue weighted by atomic mass is 9.98. The molecule has 2 aliphatic heterocycles. The number of rotatable bonds is 6. The standard InChI is InChI=1S/C24H33N3O3/c1-29-21-10-8-19(9-11-21)15-22-16-25-24(30-22)20-7-6-14-27(17-20)23(28)18-26-12-4-2-3-5-13-26/h8-11,16,20H,2-7,12-15,17-18H2,1H3/t20-/m0/s1. The van der Waals surface area contributed by atoms with Crippen LogP contribution in [0.1, 0.15) is 61.7 Å². The van der Waals surface area contributed by atoms with E-state index < -0.39 is 0 Å². The number of benzene rings is 1. The molecule has 30 heavy (non-hydrogen) atoms. The van der Waals surface area contributed by atoms with Crippen LogP contribution in [0.2, 0.25) is 0 Å². The maximum absolute atomic E-state index is 12.9. The Morgan fingerprint density at radius 2 is 1.87 bits per heavy atom. The number of aromatic nitrogens is 1. The fourth-order valence-corrected chi connectivity index (χ4v) is 4.53. The summed E-state index contributed by atoms with van der Waals surface area (Å²) in [6.07, 6.45) is 9.58. The van der Waals surface area contributed by atoms with Gasteiger partial charge in [0.1, 0.15) is 11.5 Å². The van der Waals surface area contributed by atoms with E-state index in [1.54, 1.807) is 7.11 Å². The SMILES string of the molecule is COc1ccc(Cc2cnc([C@H]3CCCN(C(=O)CN4CCCCCC4)C3)o2)cc1. The molecule has 2 fully saturated rings. The molecule has 162 valence electrons. The van der Waals surface area contributed by atoms with Gasteiger partial charge in [0, 0.05) is 19.5 Å². The Kier molecular flexibility index (Phi) is 7.05. The Morgan fingerprint density at radius 1 is 1.10 bits per heavy atom. The highest BCUT2D eigenvalue weighted by molar-refractivity contribution is 5.78. The summed E-state index contributed by atoms with van der Waals surface area (Å²) in [5, 5.41) is 0. The molecule has 6 heteroatoms. The minimum Gasteiger partial charge on any atom is -0.497 e. The van der Waals surface area contributed by atoms with E-state index in [1.807, 2.05) is 35.4 Å². The first kappa shape index (κ1) is 20.9. The molecule has 0 spiro atoms. The molecule has 1 amide bonds. The molecule has 0 unspecified atom stereocenters. The van der Waals surface area contributed by atoms with E-state index in [2.05, 4.69) is 9.88 Å². The third-order valence-corrected chi connectivity index (χ3v) is 6.29. The largest absolute Gasteiger partial charge is 0.497 e. The number of likely N-dealkylation sites (tertiary alicyclic amines) is 2. The average Bonchev–Trinajstić information content (AvgIpc) is 3.09. The van der Waals surface area contributed by atoms with Gasteiger partial charge >= 0.3 is 0 Å². The Hall–Kier alpha value is -2.34. The highest BCUT2D eigenvalue weighted by atomic mass is 16.5. The van der Waals surface area contributed by atoms with E-state index in [4.69, 9.17) is 9.15 Å². The van der Waals surface area contributed by atoms with Gasteiger partial charge in [-0.15, -0.1) is 0 Å². The predicted octanol–water partition coefficient (Wildman–Crippen LogP) is 3.86. The molecule has 2 aromatic rings.